The van der Waals surface area contributed by atoms with Crippen molar-refractivity contribution in [1.82, 2.24) is 10.3 Å². The molecule has 5 heteroatoms. The summed E-state index contributed by atoms with van der Waals surface area (Å²) in [4.78, 5) is 15.4. The first kappa shape index (κ1) is 15.3. The molecule has 0 radical (unpaired) electrons. The van der Waals surface area contributed by atoms with Gasteiger partial charge in [0.05, 0.1) is 0 Å². The van der Waals surface area contributed by atoms with Crippen LogP contribution in [0.4, 0.5) is 0 Å². The summed E-state index contributed by atoms with van der Waals surface area (Å²) in [5.74, 6) is -0.0677. The predicted molar refractivity (Wildman–Crippen MR) is 96.2 cm³/mol. The Bertz CT molecular complexity index is 806. The highest BCUT2D eigenvalue weighted by Gasteiger charge is 2.08. The van der Waals surface area contributed by atoms with E-state index in [1.165, 1.54) is 10.9 Å². The van der Waals surface area contributed by atoms with Crippen molar-refractivity contribution in [1.29, 1.82) is 0 Å². The van der Waals surface area contributed by atoms with Crippen LogP contribution in [0.25, 0.3) is 10.9 Å². The van der Waals surface area contributed by atoms with Crippen molar-refractivity contribution in [3.05, 3.63) is 68.7 Å². The second-order valence-corrected chi connectivity index (χ2v) is 6.85. The number of amides is 1. The van der Waals surface area contributed by atoms with Crippen molar-refractivity contribution in [3.8, 4) is 0 Å². The number of fused-ring (bicyclic) bond motifs is 1. The van der Waals surface area contributed by atoms with Gasteiger partial charge in [-0.05, 0) is 36.2 Å². The summed E-state index contributed by atoms with van der Waals surface area (Å²) in [5.41, 5.74) is 2.98. The number of benzene rings is 2. The van der Waals surface area contributed by atoms with Crippen LogP contribution in [0, 0.1) is 0 Å². The predicted octanol–water partition coefficient (Wildman–Crippen LogP) is 4.67. The number of hydrogen-bond acceptors (Lipinski definition) is 1. The van der Waals surface area contributed by atoms with Gasteiger partial charge in [-0.2, -0.15) is 0 Å². The second kappa shape index (κ2) is 6.67. The largest absolute Gasteiger partial charge is 0.361 e. The van der Waals surface area contributed by atoms with Crippen LogP contribution >= 0.6 is 31.9 Å². The summed E-state index contributed by atoms with van der Waals surface area (Å²) < 4.78 is 1.76. The molecule has 3 rings (SSSR count). The van der Waals surface area contributed by atoms with E-state index in [4.69, 9.17) is 0 Å². The zero-order valence-electron chi connectivity index (χ0n) is 11.7. The minimum atomic E-state index is -0.0677. The lowest BCUT2D eigenvalue weighted by atomic mass is 10.1. The molecule has 2 N–H and O–H groups in total. The number of para-hydroxylation sites is 1. The Labute approximate surface area is 145 Å². The summed E-state index contributed by atoms with van der Waals surface area (Å²) in [5, 5.41) is 4.17. The van der Waals surface area contributed by atoms with Gasteiger partial charge in [0, 0.05) is 38.2 Å². The van der Waals surface area contributed by atoms with E-state index in [0.717, 1.165) is 20.9 Å². The Hall–Kier alpha value is -1.59. The molecule has 3 aromatic rings. The van der Waals surface area contributed by atoms with Crippen LogP contribution in [0.15, 0.2) is 57.6 Å². The van der Waals surface area contributed by atoms with Gasteiger partial charge in [-0.15, -0.1) is 0 Å². The Morgan fingerprint density at radius 3 is 2.59 bits per heavy atom. The first-order valence-electron chi connectivity index (χ1n) is 6.93. The lowest BCUT2D eigenvalue weighted by Gasteiger charge is -2.06. The fourth-order valence-electron chi connectivity index (χ4n) is 2.44. The van der Waals surface area contributed by atoms with Gasteiger partial charge in [-0.25, -0.2) is 0 Å². The lowest BCUT2D eigenvalue weighted by Crippen LogP contribution is -2.25. The first-order chi connectivity index (χ1) is 10.6. The molecule has 0 spiro atoms. The number of rotatable bonds is 4. The number of halogens is 2. The van der Waals surface area contributed by atoms with E-state index in [1.54, 1.807) is 0 Å². The highest BCUT2D eigenvalue weighted by atomic mass is 79.9. The lowest BCUT2D eigenvalue weighted by molar-refractivity contribution is 0.0954. The summed E-state index contributed by atoms with van der Waals surface area (Å²) in [6.07, 6.45) is 2.80. The average Bonchev–Trinajstić information content (AvgIpc) is 2.90. The van der Waals surface area contributed by atoms with E-state index in [1.807, 2.05) is 36.5 Å². The van der Waals surface area contributed by atoms with Gasteiger partial charge in [0.2, 0.25) is 0 Å². The van der Waals surface area contributed by atoms with Crippen molar-refractivity contribution in [2.45, 2.75) is 6.42 Å². The normalized spacial score (nSPS) is 10.8. The highest BCUT2D eigenvalue weighted by Crippen LogP contribution is 2.20. The van der Waals surface area contributed by atoms with Crippen molar-refractivity contribution in [3.63, 3.8) is 0 Å². The fourth-order valence-corrected chi connectivity index (χ4v) is 3.73. The molecule has 0 aliphatic rings. The number of aromatic nitrogens is 1. The van der Waals surface area contributed by atoms with Crippen molar-refractivity contribution in [2.24, 2.45) is 0 Å². The molecule has 3 nitrogen and oxygen atoms in total. The van der Waals surface area contributed by atoms with E-state index in [-0.39, 0.29) is 5.91 Å². The smallest absolute Gasteiger partial charge is 0.251 e. The van der Waals surface area contributed by atoms with E-state index in [0.29, 0.717) is 12.1 Å². The Morgan fingerprint density at radius 2 is 1.82 bits per heavy atom. The summed E-state index contributed by atoms with van der Waals surface area (Å²) >= 11 is 6.79. The molecule has 0 bridgehead atoms. The van der Waals surface area contributed by atoms with Gasteiger partial charge < -0.3 is 10.3 Å². The quantitative estimate of drug-likeness (QED) is 0.631. The SMILES string of the molecule is O=C(NCCc1c[nH]c2ccccc12)c1cc(Br)cc(Br)c1. The van der Waals surface area contributed by atoms with E-state index < -0.39 is 0 Å². The van der Waals surface area contributed by atoms with Crippen LogP contribution in [0.1, 0.15) is 15.9 Å². The van der Waals surface area contributed by atoms with Crippen molar-refractivity contribution in [2.75, 3.05) is 6.54 Å². The van der Waals surface area contributed by atoms with Crippen molar-refractivity contribution < 1.29 is 4.79 Å². The van der Waals surface area contributed by atoms with Gasteiger partial charge >= 0.3 is 0 Å². The maximum absolute atomic E-state index is 12.2. The molecule has 22 heavy (non-hydrogen) atoms. The number of carbonyl (C=O) groups is 1. The van der Waals surface area contributed by atoms with Crippen LogP contribution in [-0.2, 0) is 6.42 Å². The van der Waals surface area contributed by atoms with Gasteiger partial charge in [0.25, 0.3) is 5.91 Å². The van der Waals surface area contributed by atoms with E-state index >= 15 is 0 Å². The third kappa shape index (κ3) is 3.42. The molecule has 0 aliphatic carbocycles. The molecule has 1 aromatic heterocycles. The van der Waals surface area contributed by atoms with Gasteiger partial charge in [0.15, 0.2) is 0 Å². The Morgan fingerprint density at radius 1 is 1.09 bits per heavy atom. The minimum Gasteiger partial charge on any atom is -0.361 e. The molecule has 0 unspecified atom stereocenters. The van der Waals surface area contributed by atoms with E-state index in [2.05, 4.69) is 54.3 Å². The molecule has 0 atom stereocenters. The zero-order chi connectivity index (χ0) is 15.5. The molecule has 0 saturated carbocycles. The average molecular weight is 422 g/mol. The van der Waals surface area contributed by atoms with Gasteiger partial charge in [-0.3, -0.25) is 4.79 Å². The van der Waals surface area contributed by atoms with E-state index in [9.17, 15) is 4.79 Å². The number of aromatic amines is 1. The molecule has 112 valence electrons. The molecular weight excluding hydrogens is 408 g/mol. The summed E-state index contributed by atoms with van der Waals surface area (Å²) in [7, 11) is 0. The van der Waals surface area contributed by atoms with Gasteiger partial charge in [0.1, 0.15) is 0 Å². The Kier molecular flexibility index (Phi) is 4.64. The maximum Gasteiger partial charge on any atom is 0.251 e. The third-order valence-corrected chi connectivity index (χ3v) is 4.40. The third-order valence-electron chi connectivity index (χ3n) is 3.48. The standard InChI is InChI=1S/C17H14Br2N2O/c18-13-7-12(8-14(19)9-13)17(22)20-6-5-11-10-21-16-4-2-1-3-15(11)16/h1-4,7-10,21H,5-6H2,(H,20,22). The number of carbonyl (C=O) groups excluding carboxylic acids is 1. The molecule has 0 aliphatic heterocycles. The highest BCUT2D eigenvalue weighted by molar-refractivity contribution is 9.11. The summed E-state index contributed by atoms with van der Waals surface area (Å²) in [6.45, 7) is 0.602. The molecular formula is C17H14Br2N2O. The minimum absolute atomic E-state index is 0.0677. The van der Waals surface area contributed by atoms with Crippen LogP contribution in [0.5, 0.6) is 0 Å². The maximum atomic E-state index is 12.2. The topological polar surface area (TPSA) is 44.9 Å². The van der Waals surface area contributed by atoms with Crippen LogP contribution in [-0.4, -0.2) is 17.4 Å². The Balaban J connectivity index is 1.64. The monoisotopic (exact) mass is 420 g/mol. The first-order valence-corrected chi connectivity index (χ1v) is 8.51. The number of H-pyrrole nitrogens is 1. The molecule has 0 fully saturated rings. The summed E-state index contributed by atoms with van der Waals surface area (Å²) in [6, 6.07) is 13.7. The number of hydrogen-bond donors (Lipinski definition) is 2. The molecule has 1 heterocycles. The fraction of sp³-hybridized carbons (Fsp3) is 0.118. The van der Waals surface area contributed by atoms with Crippen molar-refractivity contribution >= 4 is 48.7 Å². The zero-order valence-corrected chi connectivity index (χ0v) is 14.9. The molecule has 1 amide bonds. The van der Waals surface area contributed by atoms with Crippen LogP contribution < -0.4 is 5.32 Å². The van der Waals surface area contributed by atoms with Crippen LogP contribution in [0.2, 0.25) is 0 Å². The number of nitrogens with one attached hydrogen (secondary N) is 2. The molecule has 0 saturated heterocycles. The van der Waals surface area contributed by atoms with Crippen LogP contribution in [0.3, 0.4) is 0 Å². The van der Waals surface area contributed by atoms with Gasteiger partial charge in [-0.1, -0.05) is 50.1 Å². The second-order valence-electron chi connectivity index (χ2n) is 5.02. The molecule has 2 aromatic carbocycles.